The van der Waals surface area contributed by atoms with E-state index >= 15 is 0 Å². The van der Waals surface area contributed by atoms with Crippen molar-refractivity contribution in [2.75, 3.05) is 0 Å². The highest BCUT2D eigenvalue weighted by atomic mass is 19.2. The van der Waals surface area contributed by atoms with Gasteiger partial charge in [0.1, 0.15) is 0 Å². The molecule has 0 spiro atoms. The number of carbonyl (C=O) groups excluding carboxylic acids is 1. The second-order valence-corrected chi connectivity index (χ2v) is 3.38. The van der Waals surface area contributed by atoms with E-state index in [0.29, 0.717) is 0 Å². The van der Waals surface area contributed by atoms with Crippen molar-refractivity contribution in [3.8, 4) is 0 Å². The first kappa shape index (κ1) is 11.6. The minimum atomic E-state index is -1.01. The topological polar surface area (TPSA) is 69.1 Å². The van der Waals surface area contributed by atoms with Crippen LogP contribution in [0.15, 0.2) is 12.1 Å². The number of rotatable bonds is 3. The summed E-state index contributed by atoms with van der Waals surface area (Å²) >= 11 is 0. The van der Waals surface area contributed by atoms with Crippen LogP contribution in [0.3, 0.4) is 0 Å². The standard InChI is InChI=1S/C10H12F2N2O/c1-5-2-3-6(10(12)9(5)11)7(13)4-8(14)15/h2-3,7H,4,13H2,1H3,(H2,14,15). The molecule has 1 rings (SSSR count). The SMILES string of the molecule is Cc1ccc(C(N)CC(N)=O)c(F)c1F. The Labute approximate surface area is 86.1 Å². The number of aryl methyl sites for hydroxylation is 1. The van der Waals surface area contributed by atoms with Crippen LogP contribution in [0.2, 0.25) is 0 Å². The van der Waals surface area contributed by atoms with E-state index in [1.54, 1.807) is 0 Å². The van der Waals surface area contributed by atoms with Gasteiger partial charge in [-0.15, -0.1) is 0 Å². The van der Waals surface area contributed by atoms with E-state index in [0.717, 1.165) is 0 Å². The van der Waals surface area contributed by atoms with Crippen molar-refractivity contribution < 1.29 is 13.6 Å². The number of carbonyl (C=O) groups is 1. The molecule has 1 aromatic carbocycles. The number of hydrogen-bond donors (Lipinski definition) is 2. The predicted octanol–water partition coefficient (Wildman–Crippen LogP) is 1.15. The summed E-state index contributed by atoms with van der Waals surface area (Å²) in [4.78, 5) is 10.6. The van der Waals surface area contributed by atoms with Crippen LogP contribution < -0.4 is 11.5 Å². The first-order valence-corrected chi connectivity index (χ1v) is 4.42. The van der Waals surface area contributed by atoms with Gasteiger partial charge in [-0.05, 0) is 12.5 Å². The largest absolute Gasteiger partial charge is 0.370 e. The Bertz CT molecular complexity index is 393. The van der Waals surface area contributed by atoms with Crippen molar-refractivity contribution >= 4 is 5.91 Å². The van der Waals surface area contributed by atoms with Crippen LogP contribution in [0.5, 0.6) is 0 Å². The van der Waals surface area contributed by atoms with Crippen LogP contribution in [-0.4, -0.2) is 5.91 Å². The molecule has 4 N–H and O–H groups in total. The summed E-state index contributed by atoms with van der Waals surface area (Å²) in [6.07, 6.45) is -0.209. The molecule has 5 heteroatoms. The van der Waals surface area contributed by atoms with Crippen LogP contribution in [0.25, 0.3) is 0 Å². The normalized spacial score (nSPS) is 12.5. The number of primary amides is 1. The van der Waals surface area contributed by atoms with Gasteiger partial charge in [0, 0.05) is 18.0 Å². The van der Waals surface area contributed by atoms with Crippen molar-refractivity contribution in [2.45, 2.75) is 19.4 Å². The average Bonchev–Trinajstić information content (AvgIpc) is 2.13. The quantitative estimate of drug-likeness (QED) is 0.792. The van der Waals surface area contributed by atoms with Crippen molar-refractivity contribution in [3.05, 3.63) is 34.9 Å². The van der Waals surface area contributed by atoms with Gasteiger partial charge in [-0.25, -0.2) is 8.78 Å². The lowest BCUT2D eigenvalue weighted by molar-refractivity contribution is -0.118. The smallest absolute Gasteiger partial charge is 0.219 e. The van der Waals surface area contributed by atoms with E-state index in [4.69, 9.17) is 11.5 Å². The van der Waals surface area contributed by atoms with Gasteiger partial charge in [-0.2, -0.15) is 0 Å². The molecule has 0 saturated heterocycles. The Hall–Kier alpha value is -1.49. The Balaban J connectivity index is 3.05. The third-order valence-electron chi connectivity index (χ3n) is 2.13. The van der Waals surface area contributed by atoms with Crippen molar-refractivity contribution in [1.29, 1.82) is 0 Å². The lowest BCUT2D eigenvalue weighted by Crippen LogP contribution is -2.22. The molecule has 15 heavy (non-hydrogen) atoms. The Morgan fingerprint density at radius 3 is 2.53 bits per heavy atom. The first-order valence-electron chi connectivity index (χ1n) is 4.42. The van der Waals surface area contributed by atoms with E-state index in [1.165, 1.54) is 19.1 Å². The molecule has 1 amide bonds. The van der Waals surface area contributed by atoms with Crippen molar-refractivity contribution in [3.63, 3.8) is 0 Å². The molecule has 0 aliphatic carbocycles. The molecule has 0 aromatic heterocycles. The van der Waals surface area contributed by atoms with E-state index in [9.17, 15) is 13.6 Å². The number of nitrogens with two attached hydrogens (primary N) is 2. The van der Waals surface area contributed by atoms with Gasteiger partial charge in [0.25, 0.3) is 0 Å². The summed E-state index contributed by atoms with van der Waals surface area (Å²) in [6, 6.07) is 1.87. The summed E-state index contributed by atoms with van der Waals surface area (Å²) in [7, 11) is 0. The molecule has 0 bridgehead atoms. The minimum absolute atomic E-state index is 0.0306. The fourth-order valence-corrected chi connectivity index (χ4v) is 1.27. The maximum absolute atomic E-state index is 13.4. The monoisotopic (exact) mass is 214 g/mol. The van der Waals surface area contributed by atoms with E-state index < -0.39 is 23.6 Å². The van der Waals surface area contributed by atoms with Crippen LogP contribution in [0, 0.1) is 18.6 Å². The van der Waals surface area contributed by atoms with Crippen molar-refractivity contribution in [2.24, 2.45) is 11.5 Å². The highest BCUT2D eigenvalue weighted by Crippen LogP contribution is 2.21. The number of hydrogen-bond acceptors (Lipinski definition) is 2. The van der Waals surface area contributed by atoms with Crippen LogP contribution in [0.4, 0.5) is 8.78 Å². The molecule has 1 aromatic rings. The maximum Gasteiger partial charge on any atom is 0.219 e. The third kappa shape index (κ3) is 2.50. The summed E-state index contributed by atoms with van der Waals surface area (Å²) in [5, 5.41) is 0. The lowest BCUT2D eigenvalue weighted by Gasteiger charge is -2.12. The zero-order valence-electron chi connectivity index (χ0n) is 8.26. The van der Waals surface area contributed by atoms with E-state index in [-0.39, 0.29) is 17.5 Å². The average molecular weight is 214 g/mol. The lowest BCUT2D eigenvalue weighted by atomic mass is 10.0. The molecule has 3 nitrogen and oxygen atoms in total. The summed E-state index contributed by atoms with van der Waals surface area (Å²) in [5.74, 6) is -2.60. The summed E-state index contributed by atoms with van der Waals surface area (Å²) in [6.45, 7) is 1.45. The number of halogens is 2. The van der Waals surface area contributed by atoms with Crippen LogP contribution in [-0.2, 0) is 4.79 Å². The molecule has 1 atom stereocenters. The number of benzene rings is 1. The van der Waals surface area contributed by atoms with Gasteiger partial charge in [0.05, 0.1) is 0 Å². The highest BCUT2D eigenvalue weighted by molar-refractivity contribution is 5.74. The first-order chi connectivity index (χ1) is 6.93. The minimum Gasteiger partial charge on any atom is -0.370 e. The second-order valence-electron chi connectivity index (χ2n) is 3.38. The van der Waals surface area contributed by atoms with Gasteiger partial charge >= 0.3 is 0 Å². The van der Waals surface area contributed by atoms with Crippen molar-refractivity contribution in [1.82, 2.24) is 0 Å². The molecule has 0 heterocycles. The Kier molecular flexibility index (Phi) is 3.36. The maximum atomic E-state index is 13.4. The molecule has 1 unspecified atom stereocenters. The Morgan fingerprint density at radius 1 is 1.40 bits per heavy atom. The number of amides is 1. The zero-order chi connectivity index (χ0) is 11.6. The van der Waals surface area contributed by atoms with Gasteiger partial charge < -0.3 is 11.5 Å². The van der Waals surface area contributed by atoms with Gasteiger partial charge in [-0.3, -0.25) is 4.79 Å². The predicted molar refractivity (Wildman–Crippen MR) is 51.8 cm³/mol. The summed E-state index contributed by atoms with van der Waals surface area (Å²) < 4.78 is 26.5. The molecular formula is C10H12F2N2O. The fraction of sp³-hybridized carbons (Fsp3) is 0.300. The molecule has 0 fully saturated rings. The zero-order valence-corrected chi connectivity index (χ0v) is 8.26. The van der Waals surface area contributed by atoms with E-state index in [2.05, 4.69) is 0 Å². The van der Waals surface area contributed by atoms with Gasteiger partial charge in [0.2, 0.25) is 5.91 Å². The van der Waals surface area contributed by atoms with Gasteiger partial charge in [0.15, 0.2) is 11.6 Å². The van der Waals surface area contributed by atoms with Crippen LogP contribution >= 0.6 is 0 Å². The van der Waals surface area contributed by atoms with E-state index in [1.807, 2.05) is 0 Å². The molecule has 82 valence electrons. The van der Waals surface area contributed by atoms with Gasteiger partial charge in [-0.1, -0.05) is 12.1 Å². The summed E-state index contributed by atoms with van der Waals surface area (Å²) in [5.41, 5.74) is 10.6. The second kappa shape index (κ2) is 4.35. The fourth-order valence-electron chi connectivity index (χ4n) is 1.27. The highest BCUT2D eigenvalue weighted by Gasteiger charge is 2.17. The molecule has 0 saturated carbocycles. The molecule has 0 aliphatic rings. The molecule has 0 aliphatic heterocycles. The Morgan fingerprint density at radius 2 is 2.00 bits per heavy atom. The molecular weight excluding hydrogens is 202 g/mol. The third-order valence-corrected chi connectivity index (χ3v) is 2.13. The molecule has 0 radical (unpaired) electrons. The van der Waals surface area contributed by atoms with Crippen LogP contribution in [0.1, 0.15) is 23.6 Å².